The number of nitrogens with zero attached hydrogens (tertiary/aromatic N) is 1. The fraction of sp³-hybridized carbons (Fsp3) is 0.200. The molecule has 1 aromatic carbocycles. The number of carbonyl (C=O) groups excluding carboxylic acids is 1. The van der Waals surface area contributed by atoms with Crippen LogP contribution in [0.15, 0.2) is 18.2 Å². The molecule has 0 aliphatic heterocycles. The van der Waals surface area contributed by atoms with Crippen LogP contribution in [0.25, 0.3) is 10.2 Å². The molecule has 1 aromatic heterocycles. The molecule has 1 N–H and O–H groups in total. The number of hydrogen-bond acceptors (Lipinski definition) is 4. The van der Waals surface area contributed by atoms with Gasteiger partial charge >= 0.3 is 0 Å². The molecular formula is C10H9NO2S. The molecule has 14 heavy (non-hydrogen) atoms. The summed E-state index contributed by atoms with van der Waals surface area (Å²) < 4.78 is 0.999. The summed E-state index contributed by atoms with van der Waals surface area (Å²) in [7, 11) is 0. The molecule has 72 valence electrons. The van der Waals surface area contributed by atoms with E-state index in [2.05, 4.69) is 4.98 Å². The first kappa shape index (κ1) is 9.15. The van der Waals surface area contributed by atoms with Gasteiger partial charge in [0.15, 0.2) is 0 Å². The van der Waals surface area contributed by atoms with Crippen molar-refractivity contribution in [3.8, 4) is 5.75 Å². The smallest absolute Gasteiger partial charge is 0.136 e. The van der Waals surface area contributed by atoms with Crippen LogP contribution in [-0.4, -0.2) is 15.9 Å². The Bertz CT molecular complexity index is 490. The lowest BCUT2D eigenvalue weighted by molar-refractivity contribution is -0.116. The molecule has 0 saturated carbocycles. The highest BCUT2D eigenvalue weighted by atomic mass is 32.1. The number of Topliss-reactive ketones (excluding diaryl/α,β-unsaturated/α-hetero) is 1. The maximum Gasteiger partial charge on any atom is 0.136 e. The van der Waals surface area contributed by atoms with E-state index in [-0.39, 0.29) is 11.5 Å². The van der Waals surface area contributed by atoms with Crippen LogP contribution in [0.1, 0.15) is 11.9 Å². The van der Waals surface area contributed by atoms with E-state index in [0.29, 0.717) is 6.42 Å². The summed E-state index contributed by atoms with van der Waals surface area (Å²) in [5.41, 5.74) is 0.756. The second-order valence-electron chi connectivity index (χ2n) is 3.14. The van der Waals surface area contributed by atoms with Crippen molar-refractivity contribution in [2.24, 2.45) is 0 Å². The second-order valence-corrected chi connectivity index (χ2v) is 4.25. The van der Waals surface area contributed by atoms with Gasteiger partial charge in [-0.15, -0.1) is 11.3 Å². The van der Waals surface area contributed by atoms with Crippen LogP contribution >= 0.6 is 11.3 Å². The highest BCUT2D eigenvalue weighted by Crippen LogP contribution is 2.25. The summed E-state index contributed by atoms with van der Waals surface area (Å²) in [5.74, 6) is 0.311. The highest BCUT2D eigenvalue weighted by molar-refractivity contribution is 7.18. The Labute approximate surface area is 85.0 Å². The SMILES string of the molecule is CC(=O)Cc1nc2cc(O)ccc2s1. The van der Waals surface area contributed by atoms with Crippen molar-refractivity contribution in [3.63, 3.8) is 0 Å². The second kappa shape index (κ2) is 3.38. The van der Waals surface area contributed by atoms with Gasteiger partial charge in [-0.1, -0.05) is 0 Å². The quantitative estimate of drug-likeness (QED) is 0.820. The number of benzene rings is 1. The standard InChI is InChI=1S/C10H9NO2S/c1-6(12)4-10-11-8-5-7(13)2-3-9(8)14-10/h2-3,5,13H,4H2,1H3. The van der Waals surface area contributed by atoms with Crippen LogP contribution in [0.4, 0.5) is 0 Å². The zero-order chi connectivity index (χ0) is 10.1. The van der Waals surface area contributed by atoms with Crippen molar-refractivity contribution >= 4 is 27.3 Å². The summed E-state index contributed by atoms with van der Waals surface area (Å²) in [5, 5.41) is 10.0. The molecular weight excluding hydrogens is 198 g/mol. The average Bonchev–Trinajstić information content (AvgIpc) is 2.44. The van der Waals surface area contributed by atoms with Crippen molar-refractivity contribution in [2.45, 2.75) is 13.3 Å². The Morgan fingerprint density at radius 2 is 2.36 bits per heavy atom. The fourth-order valence-corrected chi connectivity index (χ4v) is 2.27. The van der Waals surface area contributed by atoms with Crippen LogP contribution in [0.5, 0.6) is 5.75 Å². The zero-order valence-electron chi connectivity index (χ0n) is 7.65. The van der Waals surface area contributed by atoms with Gasteiger partial charge in [-0.05, 0) is 19.1 Å². The van der Waals surface area contributed by atoms with Crippen LogP contribution in [-0.2, 0) is 11.2 Å². The Hall–Kier alpha value is -1.42. The number of fused-ring (bicyclic) bond motifs is 1. The summed E-state index contributed by atoms with van der Waals surface area (Å²) in [6.45, 7) is 1.55. The van der Waals surface area contributed by atoms with Gasteiger partial charge in [0.05, 0.1) is 16.6 Å². The maximum atomic E-state index is 10.9. The van der Waals surface area contributed by atoms with E-state index >= 15 is 0 Å². The number of aromatic nitrogens is 1. The number of thiazole rings is 1. The molecule has 0 unspecified atom stereocenters. The molecule has 0 atom stereocenters. The predicted octanol–water partition coefficient (Wildman–Crippen LogP) is 2.13. The van der Waals surface area contributed by atoms with Crippen molar-refractivity contribution < 1.29 is 9.90 Å². The highest BCUT2D eigenvalue weighted by Gasteiger charge is 2.06. The van der Waals surface area contributed by atoms with Gasteiger partial charge in [-0.25, -0.2) is 4.98 Å². The predicted molar refractivity (Wildman–Crippen MR) is 55.7 cm³/mol. The van der Waals surface area contributed by atoms with Crippen LogP contribution in [0, 0.1) is 0 Å². The van der Waals surface area contributed by atoms with Gasteiger partial charge in [0, 0.05) is 6.07 Å². The molecule has 0 fully saturated rings. The minimum atomic E-state index is 0.105. The molecule has 0 aliphatic rings. The number of ketones is 1. The number of hydrogen-bond donors (Lipinski definition) is 1. The average molecular weight is 207 g/mol. The molecule has 2 aromatic rings. The molecule has 0 bridgehead atoms. The molecule has 0 aliphatic carbocycles. The number of phenols is 1. The van der Waals surface area contributed by atoms with E-state index in [0.717, 1.165) is 15.2 Å². The first-order valence-electron chi connectivity index (χ1n) is 4.23. The van der Waals surface area contributed by atoms with Crippen LogP contribution < -0.4 is 0 Å². The van der Waals surface area contributed by atoms with Crippen molar-refractivity contribution in [1.82, 2.24) is 4.98 Å². The summed E-state index contributed by atoms with van der Waals surface area (Å²) >= 11 is 1.49. The minimum absolute atomic E-state index is 0.105. The van der Waals surface area contributed by atoms with Gasteiger partial charge < -0.3 is 5.11 Å². The monoisotopic (exact) mass is 207 g/mol. The Kier molecular flexibility index (Phi) is 2.21. The molecule has 3 nitrogen and oxygen atoms in total. The zero-order valence-corrected chi connectivity index (χ0v) is 8.47. The molecule has 0 radical (unpaired) electrons. The topological polar surface area (TPSA) is 50.2 Å². The molecule has 0 spiro atoms. The normalized spacial score (nSPS) is 10.6. The van der Waals surface area contributed by atoms with Gasteiger partial charge in [-0.2, -0.15) is 0 Å². The van der Waals surface area contributed by atoms with Gasteiger partial charge in [0.2, 0.25) is 0 Å². The molecule has 2 rings (SSSR count). The van der Waals surface area contributed by atoms with Crippen molar-refractivity contribution in [2.75, 3.05) is 0 Å². The molecule has 1 heterocycles. The summed E-state index contributed by atoms with van der Waals surface area (Å²) in [6, 6.07) is 5.04. The van der Waals surface area contributed by atoms with Gasteiger partial charge in [0.1, 0.15) is 16.5 Å². The third kappa shape index (κ3) is 1.75. The third-order valence-corrected chi connectivity index (χ3v) is 2.85. The minimum Gasteiger partial charge on any atom is -0.508 e. The van der Waals surface area contributed by atoms with Crippen molar-refractivity contribution in [3.05, 3.63) is 23.2 Å². The largest absolute Gasteiger partial charge is 0.508 e. The van der Waals surface area contributed by atoms with Crippen LogP contribution in [0.2, 0.25) is 0 Å². The summed E-state index contributed by atoms with van der Waals surface area (Å²) in [4.78, 5) is 15.1. The van der Waals surface area contributed by atoms with E-state index in [1.54, 1.807) is 19.1 Å². The number of rotatable bonds is 2. The van der Waals surface area contributed by atoms with Crippen LogP contribution in [0.3, 0.4) is 0 Å². The third-order valence-electron chi connectivity index (χ3n) is 1.82. The number of phenolic OH excluding ortho intramolecular Hbond substituents is 1. The van der Waals surface area contributed by atoms with E-state index in [4.69, 9.17) is 0 Å². The number of carbonyl (C=O) groups is 1. The number of aromatic hydroxyl groups is 1. The first-order valence-corrected chi connectivity index (χ1v) is 5.04. The lowest BCUT2D eigenvalue weighted by Crippen LogP contribution is -1.94. The summed E-state index contributed by atoms with van der Waals surface area (Å²) in [6.07, 6.45) is 0.375. The molecule has 0 saturated heterocycles. The maximum absolute atomic E-state index is 10.9. The molecule has 0 amide bonds. The van der Waals surface area contributed by atoms with E-state index < -0.39 is 0 Å². The van der Waals surface area contributed by atoms with E-state index in [1.807, 2.05) is 6.07 Å². The Balaban J connectivity index is 2.46. The fourth-order valence-electron chi connectivity index (χ4n) is 1.25. The Morgan fingerprint density at radius 3 is 3.07 bits per heavy atom. The lowest BCUT2D eigenvalue weighted by atomic mass is 10.3. The van der Waals surface area contributed by atoms with Gasteiger partial charge in [0.25, 0.3) is 0 Å². The molecule has 4 heteroatoms. The van der Waals surface area contributed by atoms with Crippen molar-refractivity contribution in [1.29, 1.82) is 0 Å². The van der Waals surface area contributed by atoms with Gasteiger partial charge in [-0.3, -0.25) is 4.79 Å². The Morgan fingerprint density at radius 1 is 1.57 bits per heavy atom. The first-order chi connectivity index (χ1) is 6.65. The lowest BCUT2D eigenvalue weighted by Gasteiger charge is -1.88. The van der Waals surface area contributed by atoms with E-state index in [9.17, 15) is 9.90 Å². The van der Waals surface area contributed by atoms with E-state index in [1.165, 1.54) is 11.3 Å².